The van der Waals surface area contributed by atoms with E-state index in [-0.39, 0.29) is 7.69 Å². The highest BCUT2D eigenvalue weighted by atomic mass is 19.4. The van der Waals surface area contributed by atoms with Crippen LogP contribution < -0.4 is 0 Å². The summed E-state index contributed by atoms with van der Waals surface area (Å²) in [6.07, 6.45) is -4.17. The number of fused-ring (bicyclic) bond motifs is 1. The van der Waals surface area contributed by atoms with Crippen LogP contribution in [0.1, 0.15) is 5.56 Å². The summed E-state index contributed by atoms with van der Waals surface area (Å²) < 4.78 is 35.7. The van der Waals surface area contributed by atoms with Crippen LogP contribution in [-0.2, 0) is 6.18 Å². The van der Waals surface area contributed by atoms with E-state index in [2.05, 4.69) is 0 Å². The molecule has 0 aliphatic heterocycles. The fourth-order valence-corrected chi connectivity index (χ4v) is 1.00. The Morgan fingerprint density at radius 1 is 1.15 bits per heavy atom. The number of hydrogen-bond donors (Lipinski definition) is 2. The van der Waals surface area contributed by atoms with Gasteiger partial charge in [0.1, 0.15) is 0 Å². The van der Waals surface area contributed by atoms with Crippen molar-refractivity contribution in [2.75, 3.05) is 0 Å². The fourth-order valence-electron chi connectivity index (χ4n) is 1.00. The highest BCUT2D eigenvalue weighted by Crippen LogP contribution is 2.45. The minimum atomic E-state index is -4.17. The third kappa shape index (κ3) is 2.23. The van der Waals surface area contributed by atoms with Gasteiger partial charge in [0.2, 0.25) is 0 Å². The highest BCUT2D eigenvalue weighted by molar-refractivity contribution is 6.13. The standard InChI is InChI=1S/C7H3F3.BH2O2/c8-7(9,10)6-2-1-4-3-5(4)6;2-1-3/h1-3H;2-3H. The molecule has 0 saturated carbocycles. The molecule has 0 heterocycles. The molecule has 0 aromatic carbocycles. The molecule has 2 nitrogen and oxygen atoms in total. The monoisotopic (exact) mass is 189 g/mol. The molecule has 13 heavy (non-hydrogen) atoms. The SMILES string of the molecule is FC(F)(F)c1ccc2cc1-2.O[B]O. The van der Waals surface area contributed by atoms with E-state index in [0.717, 1.165) is 11.6 Å². The summed E-state index contributed by atoms with van der Waals surface area (Å²) in [5, 5.41) is 14.0. The Bertz CT molecular complexity index is 311. The first-order chi connectivity index (χ1) is 6.00. The van der Waals surface area contributed by atoms with E-state index in [4.69, 9.17) is 10.0 Å². The lowest BCUT2D eigenvalue weighted by Crippen LogP contribution is -2.02. The lowest BCUT2D eigenvalue weighted by Gasteiger charge is -2.01. The molecule has 0 bridgehead atoms. The molecule has 0 spiro atoms. The Labute approximate surface area is 72.9 Å². The number of benzene rings is 1. The van der Waals surface area contributed by atoms with Gasteiger partial charge in [-0.2, -0.15) is 13.2 Å². The zero-order valence-electron chi connectivity index (χ0n) is 6.34. The summed E-state index contributed by atoms with van der Waals surface area (Å²) >= 11 is 0. The van der Waals surface area contributed by atoms with Crippen LogP contribution in [0.2, 0.25) is 0 Å². The zero-order valence-corrected chi connectivity index (χ0v) is 6.34. The smallest absolute Gasteiger partial charge is 0.429 e. The van der Waals surface area contributed by atoms with Crippen molar-refractivity contribution in [3.63, 3.8) is 0 Å². The molecular weight excluding hydrogens is 184 g/mol. The zero-order chi connectivity index (χ0) is 10.1. The van der Waals surface area contributed by atoms with Crippen molar-refractivity contribution in [1.82, 2.24) is 0 Å². The maximum atomic E-state index is 11.9. The van der Waals surface area contributed by atoms with Crippen LogP contribution in [-0.4, -0.2) is 17.7 Å². The van der Waals surface area contributed by atoms with Crippen molar-refractivity contribution < 1.29 is 23.2 Å². The van der Waals surface area contributed by atoms with E-state index in [9.17, 15) is 13.2 Å². The molecule has 2 N–H and O–H groups in total. The van der Waals surface area contributed by atoms with Crippen LogP contribution in [0.5, 0.6) is 0 Å². The van der Waals surface area contributed by atoms with Gasteiger partial charge in [-0.1, -0.05) is 6.07 Å². The van der Waals surface area contributed by atoms with Crippen molar-refractivity contribution in [2.24, 2.45) is 0 Å². The summed E-state index contributed by atoms with van der Waals surface area (Å²) in [5.41, 5.74) is 0.599. The first kappa shape index (κ1) is 10.1. The van der Waals surface area contributed by atoms with Crippen LogP contribution in [0.3, 0.4) is 0 Å². The van der Waals surface area contributed by atoms with Gasteiger partial charge in [-0.15, -0.1) is 0 Å². The Morgan fingerprint density at radius 2 is 1.69 bits per heavy atom. The molecule has 1 radical (unpaired) electrons. The summed E-state index contributed by atoms with van der Waals surface area (Å²) in [6, 6.07) is 4.13. The van der Waals surface area contributed by atoms with Crippen molar-refractivity contribution in [3.05, 3.63) is 23.8 Å². The van der Waals surface area contributed by atoms with Gasteiger partial charge >= 0.3 is 13.9 Å². The Balaban J connectivity index is 0.000000251. The Hall–Kier alpha value is -1.01. The van der Waals surface area contributed by atoms with Crippen molar-refractivity contribution >= 4 is 7.69 Å². The third-order valence-corrected chi connectivity index (χ3v) is 1.55. The summed E-state index contributed by atoms with van der Waals surface area (Å²) in [4.78, 5) is 0. The Kier molecular flexibility index (Phi) is 2.63. The highest BCUT2D eigenvalue weighted by Gasteiger charge is 2.37. The van der Waals surface area contributed by atoms with Crippen LogP contribution in [0, 0.1) is 0 Å². The van der Waals surface area contributed by atoms with E-state index < -0.39 is 11.7 Å². The summed E-state index contributed by atoms with van der Waals surface area (Å²) in [5.74, 6) is 0. The second-order valence-electron chi connectivity index (χ2n) is 2.37. The predicted octanol–water partition coefficient (Wildman–Crippen LogP) is 1.19. The van der Waals surface area contributed by atoms with E-state index in [0.29, 0.717) is 5.56 Å². The van der Waals surface area contributed by atoms with Crippen molar-refractivity contribution in [3.8, 4) is 11.1 Å². The van der Waals surface area contributed by atoms with Crippen LogP contribution >= 0.6 is 0 Å². The molecule has 2 aliphatic rings. The van der Waals surface area contributed by atoms with Gasteiger partial charge in [-0.3, -0.25) is 0 Å². The van der Waals surface area contributed by atoms with Crippen molar-refractivity contribution in [2.45, 2.75) is 6.18 Å². The molecule has 0 atom stereocenters. The third-order valence-electron chi connectivity index (χ3n) is 1.55. The van der Waals surface area contributed by atoms with Crippen LogP contribution in [0.25, 0.3) is 11.1 Å². The normalized spacial score (nSPS) is 11.5. The van der Waals surface area contributed by atoms with E-state index in [1.165, 1.54) is 12.1 Å². The molecule has 0 aromatic heterocycles. The van der Waals surface area contributed by atoms with Crippen LogP contribution in [0.4, 0.5) is 13.2 Å². The van der Waals surface area contributed by atoms with Gasteiger partial charge in [-0.05, 0) is 23.3 Å². The van der Waals surface area contributed by atoms with Gasteiger partial charge < -0.3 is 10.0 Å². The Morgan fingerprint density at radius 3 is 1.85 bits per heavy atom. The quantitative estimate of drug-likeness (QED) is 0.611. The average Bonchev–Trinajstić information content (AvgIpc) is 2.61. The van der Waals surface area contributed by atoms with Gasteiger partial charge in [0.05, 0.1) is 5.56 Å². The summed E-state index contributed by atoms with van der Waals surface area (Å²) in [6.45, 7) is 0. The lowest BCUT2D eigenvalue weighted by molar-refractivity contribution is -0.136. The average molecular weight is 189 g/mol. The second kappa shape index (κ2) is 3.39. The first-order valence-corrected chi connectivity index (χ1v) is 3.32. The largest absolute Gasteiger partial charge is 0.482 e. The number of alkyl halides is 3. The van der Waals surface area contributed by atoms with E-state index in [1.807, 2.05) is 0 Å². The van der Waals surface area contributed by atoms with Crippen molar-refractivity contribution in [1.29, 1.82) is 0 Å². The first-order valence-electron chi connectivity index (χ1n) is 3.32. The molecule has 0 fully saturated rings. The van der Waals surface area contributed by atoms with Gasteiger partial charge in [0, 0.05) is 0 Å². The molecular formula is C7H5BF3O2. The molecule has 2 rings (SSSR count). The molecule has 6 heteroatoms. The molecule has 0 unspecified atom stereocenters. The second-order valence-corrected chi connectivity index (χ2v) is 2.37. The molecule has 0 amide bonds. The predicted molar refractivity (Wildman–Crippen MR) is 40.6 cm³/mol. The van der Waals surface area contributed by atoms with Gasteiger partial charge in [-0.25, -0.2) is 0 Å². The molecule has 0 aromatic rings. The van der Waals surface area contributed by atoms with Crippen LogP contribution in [0.15, 0.2) is 18.2 Å². The molecule has 2 aliphatic carbocycles. The van der Waals surface area contributed by atoms with E-state index >= 15 is 0 Å². The number of hydrogen-bond acceptors (Lipinski definition) is 2. The summed E-state index contributed by atoms with van der Waals surface area (Å²) in [7, 11) is 0. The topological polar surface area (TPSA) is 40.5 Å². The lowest BCUT2D eigenvalue weighted by atomic mass is 10.3. The van der Waals surface area contributed by atoms with E-state index in [1.54, 1.807) is 0 Å². The maximum absolute atomic E-state index is 11.9. The number of halogens is 3. The van der Waals surface area contributed by atoms with Gasteiger partial charge in [0.15, 0.2) is 0 Å². The molecule has 69 valence electrons. The fraction of sp³-hybridized carbons (Fsp3) is 0.143. The maximum Gasteiger partial charge on any atom is 0.482 e. The van der Waals surface area contributed by atoms with Gasteiger partial charge in [0.25, 0.3) is 0 Å². The minimum absolute atomic E-state index is 0. The number of rotatable bonds is 0. The molecule has 0 saturated heterocycles. The minimum Gasteiger partial charge on any atom is -0.429 e.